The highest BCUT2D eigenvalue weighted by atomic mass is 16.6. The molecule has 0 aliphatic heterocycles. The average molecular weight is 229 g/mol. The second-order valence-corrected chi connectivity index (χ2v) is 3.88. The van der Waals surface area contributed by atoms with Crippen LogP contribution in [0.15, 0.2) is 0 Å². The van der Waals surface area contributed by atoms with Gasteiger partial charge in [-0.1, -0.05) is 45.4 Å². The van der Waals surface area contributed by atoms with E-state index in [1.165, 1.54) is 32.7 Å². The zero-order valence-corrected chi connectivity index (χ0v) is 10.4. The molecule has 94 valence electrons. The van der Waals surface area contributed by atoms with Crippen molar-refractivity contribution in [2.45, 2.75) is 58.3 Å². The lowest BCUT2D eigenvalue weighted by Gasteiger charge is -2.02. The van der Waals surface area contributed by atoms with E-state index in [0.29, 0.717) is 6.42 Å². The van der Waals surface area contributed by atoms with Crippen molar-refractivity contribution in [2.75, 3.05) is 7.05 Å². The molecule has 0 saturated carbocycles. The first kappa shape index (κ1) is 14.9. The molecular formula is C12H23NO3. The molecule has 1 N–H and O–H groups in total. The van der Waals surface area contributed by atoms with Crippen LogP contribution in [0.1, 0.15) is 58.3 Å². The number of amides is 1. The molecule has 0 aliphatic rings. The van der Waals surface area contributed by atoms with Crippen molar-refractivity contribution in [1.82, 2.24) is 5.32 Å². The summed E-state index contributed by atoms with van der Waals surface area (Å²) in [5.74, 6) is -0.437. The van der Waals surface area contributed by atoms with Crippen molar-refractivity contribution in [3.63, 3.8) is 0 Å². The van der Waals surface area contributed by atoms with E-state index in [4.69, 9.17) is 0 Å². The topological polar surface area (TPSA) is 55.4 Å². The highest BCUT2D eigenvalue weighted by Crippen LogP contribution is 2.08. The summed E-state index contributed by atoms with van der Waals surface area (Å²) in [7, 11) is 1.43. The summed E-state index contributed by atoms with van der Waals surface area (Å²) in [6, 6.07) is 0. The zero-order chi connectivity index (χ0) is 12.2. The number of ether oxygens (including phenoxy) is 1. The molecule has 0 aliphatic carbocycles. The van der Waals surface area contributed by atoms with Gasteiger partial charge in [0.25, 0.3) is 0 Å². The first-order valence-electron chi connectivity index (χ1n) is 6.13. The molecule has 0 atom stereocenters. The summed E-state index contributed by atoms with van der Waals surface area (Å²) >= 11 is 0. The van der Waals surface area contributed by atoms with Crippen LogP contribution < -0.4 is 5.32 Å². The quantitative estimate of drug-likeness (QED) is 0.395. The summed E-state index contributed by atoms with van der Waals surface area (Å²) in [5, 5.41) is 2.24. The number of esters is 1. The SMILES string of the molecule is CCCCCCCCCC(=O)OC(=O)NC. The third kappa shape index (κ3) is 9.49. The monoisotopic (exact) mass is 229 g/mol. The number of hydrogen-bond acceptors (Lipinski definition) is 3. The Morgan fingerprint density at radius 1 is 1.00 bits per heavy atom. The smallest absolute Gasteiger partial charge is 0.376 e. The maximum Gasteiger partial charge on any atom is 0.414 e. The first-order valence-corrected chi connectivity index (χ1v) is 6.13. The minimum absolute atomic E-state index is 0.335. The van der Waals surface area contributed by atoms with Gasteiger partial charge in [0.1, 0.15) is 0 Å². The van der Waals surface area contributed by atoms with Gasteiger partial charge < -0.3 is 10.1 Å². The van der Waals surface area contributed by atoms with Crippen LogP contribution in [0.4, 0.5) is 4.79 Å². The Labute approximate surface area is 97.7 Å². The van der Waals surface area contributed by atoms with Crippen molar-refractivity contribution in [3.05, 3.63) is 0 Å². The van der Waals surface area contributed by atoms with Gasteiger partial charge in [0.05, 0.1) is 0 Å². The number of alkyl carbamates (subject to hydrolysis) is 1. The van der Waals surface area contributed by atoms with Crippen LogP contribution in [0.5, 0.6) is 0 Å². The van der Waals surface area contributed by atoms with E-state index in [0.717, 1.165) is 19.3 Å². The molecule has 0 aromatic rings. The number of unbranched alkanes of at least 4 members (excludes halogenated alkanes) is 6. The van der Waals surface area contributed by atoms with Crippen LogP contribution in [0.25, 0.3) is 0 Å². The van der Waals surface area contributed by atoms with Crippen LogP contribution in [0.3, 0.4) is 0 Å². The number of carbonyl (C=O) groups is 2. The molecule has 0 bridgehead atoms. The van der Waals surface area contributed by atoms with Gasteiger partial charge in [0.2, 0.25) is 0 Å². The molecule has 0 aromatic carbocycles. The number of rotatable bonds is 8. The maximum atomic E-state index is 11.1. The highest BCUT2D eigenvalue weighted by molar-refractivity contribution is 5.84. The van der Waals surface area contributed by atoms with Gasteiger partial charge in [-0.3, -0.25) is 4.79 Å². The summed E-state index contributed by atoms with van der Waals surface area (Å²) in [4.78, 5) is 21.7. The van der Waals surface area contributed by atoms with Gasteiger partial charge in [-0.2, -0.15) is 0 Å². The average Bonchev–Trinajstić information content (AvgIpc) is 2.27. The van der Waals surface area contributed by atoms with Crippen molar-refractivity contribution >= 4 is 12.1 Å². The molecule has 16 heavy (non-hydrogen) atoms. The van der Waals surface area contributed by atoms with E-state index < -0.39 is 12.1 Å². The summed E-state index contributed by atoms with van der Waals surface area (Å²) < 4.78 is 4.46. The van der Waals surface area contributed by atoms with E-state index in [9.17, 15) is 9.59 Å². The Bertz CT molecular complexity index is 204. The summed E-state index contributed by atoms with van der Waals surface area (Å²) in [6.45, 7) is 2.19. The Morgan fingerprint density at radius 3 is 2.12 bits per heavy atom. The normalized spacial score (nSPS) is 9.88. The maximum absolute atomic E-state index is 11.1. The Balaban J connectivity index is 3.24. The second kappa shape index (κ2) is 10.5. The molecule has 1 amide bonds. The Kier molecular flexibility index (Phi) is 9.76. The number of nitrogens with one attached hydrogen (secondary N) is 1. The van der Waals surface area contributed by atoms with Gasteiger partial charge in [-0.25, -0.2) is 4.79 Å². The molecule has 0 saturated heterocycles. The summed E-state index contributed by atoms with van der Waals surface area (Å²) in [6.07, 6.45) is 7.71. The number of carbonyl (C=O) groups excluding carboxylic acids is 2. The van der Waals surface area contributed by atoms with Gasteiger partial charge >= 0.3 is 12.1 Å². The predicted molar refractivity (Wildman–Crippen MR) is 63.2 cm³/mol. The summed E-state index contributed by atoms with van der Waals surface area (Å²) in [5.41, 5.74) is 0. The molecule has 0 spiro atoms. The zero-order valence-electron chi connectivity index (χ0n) is 10.4. The van der Waals surface area contributed by atoms with Crippen molar-refractivity contribution in [3.8, 4) is 0 Å². The van der Waals surface area contributed by atoms with Crippen molar-refractivity contribution < 1.29 is 14.3 Å². The molecule has 0 radical (unpaired) electrons. The van der Waals surface area contributed by atoms with E-state index in [2.05, 4.69) is 17.0 Å². The largest absolute Gasteiger partial charge is 0.414 e. The fraction of sp³-hybridized carbons (Fsp3) is 0.833. The molecule has 4 heteroatoms. The molecule has 0 fully saturated rings. The van der Waals surface area contributed by atoms with E-state index in [-0.39, 0.29) is 0 Å². The standard InChI is InChI=1S/C12H23NO3/c1-3-4-5-6-7-8-9-10-11(14)16-12(15)13-2/h3-10H2,1-2H3,(H,13,15). The number of hydrogen-bond donors (Lipinski definition) is 1. The minimum atomic E-state index is -0.673. The molecular weight excluding hydrogens is 206 g/mol. The van der Waals surface area contributed by atoms with Gasteiger partial charge in [0.15, 0.2) is 0 Å². The van der Waals surface area contributed by atoms with Gasteiger partial charge in [-0.05, 0) is 6.42 Å². The predicted octanol–water partition coefficient (Wildman–Crippen LogP) is 3.01. The lowest BCUT2D eigenvalue weighted by molar-refractivity contribution is -0.137. The minimum Gasteiger partial charge on any atom is -0.376 e. The van der Waals surface area contributed by atoms with Gasteiger partial charge in [0, 0.05) is 13.5 Å². The third-order valence-electron chi connectivity index (χ3n) is 2.40. The highest BCUT2D eigenvalue weighted by Gasteiger charge is 2.07. The van der Waals surface area contributed by atoms with Crippen LogP contribution in [-0.2, 0) is 9.53 Å². The Morgan fingerprint density at radius 2 is 1.56 bits per heavy atom. The lowest BCUT2D eigenvalue weighted by atomic mass is 10.1. The molecule has 0 aromatic heterocycles. The fourth-order valence-electron chi connectivity index (χ4n) is 1.43. The van der Waals surface area contributed by atoms with Crippen LogP contribution in [0.2, 0.25) is 0 Å². The lowest BCUT2D eigenvalue weighted by Crippen LogP contribution is -2.22. The van der Waals surface area contributed by atoms with Crippen LogP contribution in [-0.4, -0.2) is 19.1 Å². The van der Waals surface area contributed by atoms with Crippen LogP contribution in [0, 0.1) is 0 Å². The fourth-order valence-corrected chi connectivity index (χ4v) is 1.43. The molecule has 4 nitrogen and oxygen atoms in total. The molecule has 0 heterocycles. The second-order valence-electron chi connectivity index (χ2n) is 3.88. The van der Waals surface area contributed by atoms with E-state index in [1.807, 2.05) is 0 Å². The van der Waals surface area contributed by atoms with Crippen molar-refractivity contribution in [2.24, 2.45) is 0 Å². The van der Waals surface area contributed by atoms with E-state index in [1.54, 1.807) is 0 Å². The molecule has 0 rings (SSSR count). The van der Waals surface area contributed by atoms with Gasteiger partial charge in [-0.15, -0.1) is 0 Å². The Hall–Kier alpha value is -1.06. The third-order valence-corrected chi connectivity index (χ3v) is 2.40. The first-order chi connectivity index (χ1) is 7.70. The van der Waals surface area contributed by atoms with Crippen LogP contribution >= 0.6 is 0 Å². The van der Waals surface area contributed by atoms with Crippen molar-refractivity contribution in [1.29, 1.82) is 0 Å². The van der Waals surface area contributed by atoms with E-state index >= 15 is 0 Å². The molecule has 0 unspecified atom stereocenters.